The molecule has 0 aromatic carbocycles. The molecular weight excluding hydrogens is 236 g/mol. The van der Waals surface area contributed by atoms with E-state index in [1.807, 2.05) is 20.8 Å². The summed E-state index contributed by atoms with van der Waals surface area (Å²) in [7, 11) is 0. The van der Waals surface area contributed by atoms with E-state index in [0.717, 1.165) is 44.9 Å². The summed E-state index contributed by atoms with van der Waals surface area (Å²) in [6, 6.07) is 0. The van der Waals surface area contributed by atoms with Crippen LogP contribution in [0, 0.1) is 5.92 Å². The molecule has 0 aliphatic heterocycles. The van der Waals surface area contributed by atoms with Crippen LogP contribution in [-0.4, -0.2) is 21.4 Å². The lowest BCUT2D eigenvalue weighted by atomic mass is 9.89. The Morgan fingerprint density at radius 1 is 0.842 bits per heavy atom. The molecule has 2 heteroatoms. The molecule has 0 radical (unpaired) electrons. The molecule has 2 nitrogen and oxygen atoms in total. The van der Waals surface area contributed by atoms with Crippen LogP contribution >= 0.6 is 0 Å². The van der Waals surface area contributed by atoms with Gasteiger partial charge in [-0.15, -0.1) is 0 Å². The van der Waals surface area contributed by atoms with E-state index in [9.17, 15) is 10.2 Å². The predicted octanol–water partition coefficient (Wildman–Crippen LogP) is 4.68. The van der Waals surface area contributed by atoms with Crippen LogP contribution in [0.2, 0.25) is 0 Å². The van der Waals surface area contributed by atoms with Crippen molar-refractivity contribution < 1.29 is 10.2 Å². The summed E-state index contributed by atoms with van der Waals surface area (Å²) in [4.78, 5) is 0. The van der Waals surface area contributed by atoms with Crippen molar-refractivity contribution in [2.45, 2.75) is 104 Å². The van der Waals surface area contributed by atoms with Gasteiger partial charge in [0.15, 0.2) is 0 Å². The molecule has 3 atom stereocenters. The standard InChI is InChI=1S/C17H36O2/c1-6-12-17(5,19)14-9-11-15(3)10-8-13-16(4,18)7-2/h15,18-19H,6-14H2,1-5H3. The average molecular weight is 272 g/mol. The van der Waals surface area contributed by atoms with E-state index in [4.69, 9.17) is 0 Å². The first-order valence-corrected chi connectivity index (χ1v) is 8.17. The minimum absolute atomic E-state index is 0.472. The van der Waals surface area contributed by atoms with E-state index < -0.39 is 11.2 Å². The lowest BCUT2D eigenvalue weighted by Gasteiger charge is -2.24. The molecule has 3 unspecified atom stereocenters. The first-order chi connectivity index (χ1) is 8.72. The van der Waals surface area contributed by atoms with Crippen molar-refractivity contribution in [2.24, 2.45) is 5.92 Å². The summed E-state index contributed by atoms with van der Waals surface area (Å²) < 4.78 is 0. The monoisotopic (exact) mass is 272 g/mol. The van der Waals surface area contributed by atoms with Crippen LogP contribution in [0.1, 0.15) is 92.4 Å². The molecule has 116 valence electrons. The van der Waals surface area contributed by atoms with Gasteiger partial charge in [0.1, 0.15) is 0 Å². The summed E-state index contributed by atoms with van der Waals surface area (Å²) in [5, 5.41) is 20.1. The molecular formula is C17H36O2. The fourth-order valence-corrected chi connectivity index (χ4v) is 2.65. The summed E-state index contributed by atoms with van der Waals surface area (Å²) in [5.74, 6) is 0.699. The minimum Gasteiger partial charge on any atom is -0.390 e. The van der Waals surface area contributed by atoms with E-state index in [1.165, 1.54) is 12.8 Å². The van der Waals surface area contributed by atoms with Gasteiger partial charge in [-0.3, -0.25) is 0 Å². The molecule has 0 aliphatic rings. The second kappa shape index (κ2) is 8.97. The van der Waals surface area contributed by atoms with Gasteiger partial charge in [0.25, 0.3) is 0 Å². The maximum Gasteiger partial charge on any atom is 0.0619 e. The van der Waals surface area contributed by atoms with Crippen LogP contribution in [0.25, 0.3) is 0 Å². The number of rotatable bonds is 11. The fraction of sp³-hybridized carbons (Fsp3) is 1.00. The second-order valence-electron chi connectivity index (χ2n) is 6.99. The number of hydrogen-bond acceptors (Lipinski definition) is 2. The zero-order valence-corrected chi connectivity index (χ0v) is 13.8. The van der Waals surface area contributed by atoms with Gasteiger partial charge in [-0.1, -0.05) is 52.9 Å². The van der Waals surface area contributed by atoms with Gasteiger partial charge in [0.2, 0.25) is 0 Å². The third-order valence-corrected chi connectivity index (χ3v) is 4.37. The maximum atomic E-state index is 10.1. The second-order valence-corrected chi connectivity index (χ2v) is 6.99. The Balaban J connectivity index is 3.68. The molecule has 0 heterocycles. The van der Waals surface area contributed by atoms with Gasteiger partial charge < -0.3 is 10.2 Å². The van der Waals surface area contributed by atoms with Crippen LogP contribution in [-0.2, 0) is 0 Å². The summed E-state index contributed by atoms with van der Waals surface area (Å²) in [6.07, 6.45) is 9.20. The minimum atomic E-state index is -0.482. The van der Waals surface area contributed by atoms with E-state index >= 15 is 0 Å². The molecule has 0 aromatic heterocycles. The Bertz CT molecular complexity index is 221. The van der Waals surface area contributed by atoms with Crippen molar-refractivity contribution in [1.29, 1.82) is 0 Å². The number of hydrogen-bond donors (Lipinski definition) is 2. The Labute approximate surface area is 120 Å². The Morgan fingerprint density at radius 2 is 1.32 bits per heavy atom. The zero-order chi connectivity index (χ0) is 14.9. The van der Waals surface area contributed by atoms with Crippen molar-refractivity contribution in [3.63, 3.8) is 0 Å². The van der Waals surface area contributed by atoms with Crippen LogP contribution in [0.4, 0.5) is 0 Å². The topological polar surface area (TPSA) is 40.5 Å². The van der Waals surface area contributed by atoms with Gasteiger partial charge in [-0.25, -0.2) is 0 Å². The van der Waals surface area contributed by atoms with Gasteiger partial charge in [-0.05, 0) is 45.4 Å². The first-order valence-electron chi connectivity index (χ1n) is 8.17. The summed E-state index contributed by atoms with van der Waals surface area (Å²) >= 11 is 0. The van der Waals surface area contributed by atoms with Gasteiger partial charge in [0, 0.05) is 0 Å². The highest BCUT2D eigenvalue weighted by Gasteiger charge is 2.19. The largest absolute Gasteiger partial charge is 0.390 e. The summed E-state index contributed by atoms with van der Waals surface area (Å²) in [6.45, 7) is 10.3. The predicted molar refractivity (Wildman–Crippen MR) is 83.3 cm³/mol. The molecule has 19 heavy (non-hydrogen) atoms. The Hall–Kier alpha value is -0.0800. The number of aliphatic hydroxyl groups is 2. The normalized spacial score (nSPS) is 19.7. The van der Waals surface area contributed by atoms with E-state index in [1.54, 1.807) is 0 Å². The zero-order valence-electron chi connectivity index (χ0n) is 13.8. The van der Waals surface area contributed by atoms with Crippen molar-refractivity contribution >= 4 is 0 Å². The quantitative estimate of drug-likeness (QED) is 0.573. The third-order valence-electron chi connectivity index (χ3n) is 4.37. The van der Waals surface area contributed by atoms with E-state index in [0.29, 0.717) is 5.92 Å². The lowest BCUT2D eigenvalue weighted by Crippen LogP contribution is -2.23. The molecule has 0 bridgehead atoms. The average Bonchev–Trinajstić information content (AvgIpc) is 2.28. The Kier molecular flexibility index (Phi) is 8.93. The van der Waals surface area contributed by atoms with Crippen LogP contribution in [0.3, 0.4) is 0 Å². The smallest absolute Gasteiger partial charge is 0.0619 e. The molecule has 0 fully saturated rings. The van der Waals surface area contributed by atoms with Crippen molar-refractivity contribution in [3.8, 4) is 0 Å². The highest BCUT2D eigenvalue weighted by molar-refractivity contribution is 4.73. The van der Waals surface area contributed by atoms with E-state index in [-0.39, 0.29) is 0 Å². The third kappa shape index (κ3) is 10.4. The van der Waals surface area contributed by atoms with Gasteiger partial charge in [-0.2, -0.15) is 0 Å². The highest BCUT2D eigenvalue weighted by atomic mass is 16.3. The molecule has 0 aromatic rings. The molecule has 0 saturated carbocycles. The van der Waals surface area contributed by atoms with Crippen molar-refractivity contribution in [3.05, 3.63) is 0 Å². The summed E-state index contributed by atoms with van der Waals surface area (Å²) in [5.41, 5.74) is -0.954. The van der Waals surface area contributed by atoms with Gasteiger partial charge in [0.05, 0.1) is 11.2 Å². The van der Waals surface area contributed by atoms with Crippen LogP contribution < -0.4 is 0 Å². The SMILES string of the molecule is CCCC(C)(O)CCCC(C)CCCC(C)(O)CC. The molecule has 0 spiro atoms. The van der Waals surface area contributed by atoms with Crippen molar-refractivity contribution in [1.82, 2.24) is 0 Å². The molecule has 0 saturated heterocycles. The molecule has 0 rings (SSSR count). The van der Waals surface area contributed by atoms with Crippen LogP contribution in [0.15, 0.2) is 0 Å². The molecule has 2 N–H and O–H groups in total. The molecule has 0 amide bonds. The fourth-order valence-electron chi connectivity index (χ4n) is 2.65. The van der Waals surface area contributed by atoms with Gasteiger partial charge >= 0.3 is 0 Å². The first kappa shape index (κ1) is 18.9. The van der Waals surface area contributed by atoms with E-state index in [2.05, 4.69) is 13.8 Å². The maximum absolute atomic E-state index is 10.1. The lowest BCUT2D eigenvalue weighted by molar-refractivity contribution is 0.0368. The highest BCUT2D eigenvalue weighted by Crippen LogP contribution is 2.24. The van der Waals surface area contributed by atoms with Crippen molar-refractivity contribution in [2.75, 3.05) is 0 Å². The van der Waals surface area contributed by atoms with Crippen LogP contribution in [0.5, 0.6) is 0 Å². The molecule has 0 aliphatic carbocycles. The Morgan fingerprint density at radius 3 is 1.74 bits per heavy atom.